The van der Waals surface area contributed by atoms with Gasteiger partial charge in [0.25, 0.3) is 0 Å². The molecule has 1 heterocycles. The molecule has 1 fully saturated rings. The van der Waals surface area contributed by atoms with Gasteiger partial charge in [0, 0.05) is 18.2 Å². The lowest BCUT2D eigenvalue weighted by Crippen LogP contribution is -2.23. The topological polar surface area (TPSA) is 67.4 Å². The molecule has 1 aromatic carbocycles. The van der Waals surface area contributed by atoms with Crippen molar-refractivity contribution in [3.05, 3.63) is 29.8 Å². The average Bonchev–Trinajstić information content (AvgIpc) is 2.98. The van der Waals surface area contributed by atoms with Crippen LogP contribution in [0.1, 0.15) is 36.0 Å². The van der Waals surface area contributed by atoms with Crippen LogP contribution in [0.3, 0.4) is 0 Å². The van der Waals surface area contributed by atoms with Gasteiger partial charge in [0.05, 0.1) is 12.7 Å². The summed E-state index contributed by atoms with van der Waals surface area (Å²) in [7, 11) is 1.34. The van der Waals surface area contributed by atoms with Crippen LogP contribution in [-0.4, -0.2) is 31.6 Å². The highest BCUT2D eigenvalue weighted by atomic mass is 16.5. The van der Waals surface area contributed by atoms with E-state index in [-0.39, 0.29) is 5.91 Å². The summed E-state index contributed by atoms with van der Waals surface area (Å²) >= 11 is 0. The fourth-order valence-corrected chi connectivity index (χ4v) is 2.37. The van der Waals surface area contributed by atoms with E-state index in [1.807, 2.05) is 0 Å². The molecule has 20 heavy (non-hydrogen) atoms. The van der Waals surface area contributed by atoms with Crippen molar-refractivity contribution in [2.75, 3.05) is 19.0 Å². The van der Waals surface area contributed by atoms with Gasteiger partial charge in [-0.1, -0.05) is 6.07 Å². The Morgan fingerprint density at radius 1 is 1.45 bits per heavy atom. The summed E-state index contributed by atoms with van der Waals surface area (Å²) in [6.45, 7) is 1.05. The van der Waals surface area contributed by atoms with Gasteiger partial charge in [-0.3, -0.25) is 4.79 Å². The van der Waals surface area contributed by atoms with Gasteiger partial charge in [-0.15, -0.1) is 0 Å². The number of hydrogen-bond acceptors (Lipinski definition) is 4. The fourth-order valence-electron chi connectivity index (χ4n) is 2.37. The number of hydrogen-bond donors (Lipinski definition) is 2. The highest BCUT2D eigenvalue weighted by molar-refractivity contribution is 5.94. The van der Waals surface area contributed by atoms with E-state index in [1.165, 1.54) is 13.5 Å². The zero-order chi connectivity index (χ0) is 14.4. The summed E-state index contributed by atoms with van der Waals surface area (Å²) in [6.07, 6.45) is 3.67. The fraction of sp³-hybridized carbons (Fsp3) is 0.467. The number of rotatable bonds is 5. The molecule has 0 aromatic heterocycles. The van der Waals surface area contributed by atoms with E-state index < -0.39 is 5.97 Å². The molecule has 1 aromatic rings. The Bertz CT molecular complexity index is 482. The first-order valence-corrected chi connectivity index (χ1v) is 6.90. The molecular weight excluding hydrogens is 256 g/mol. The van der Waals surface area contributed by atoms with Gasteiger partial charge in [0.2, 0.25) is 5.91 Å². The minimum Gasteiger partial charge on any atom is -0.465 e. The van der Waals surface area contributed by atoms with Crippen LogP contribution in [0.5, 0.6) is 0 Å². The predicted octanol–water partition coefficient (Wildman–Crippen LogP) is 1.94. The summed E-state index contributed by atoms with van der Waals surface area (Å²) in [6, 6.07) is 7.22. The zero-order valence-corrected chi connectivity index (χ0v) is 11.6. The molecule has 0 saturated carbocycles. The van der Waals surface area contributed by atoms with Crippen LogP contribution in [0.2, 0.25) is 0 Å². The third kappa shape index (κ3) is 4.06. The maximum atomic E-state index is 11.9. The standard InChI is InChI=1S/C15H20N2O3/c1-20-15(19)11-4-2-5-13(10-11)17-14(18)8-7-12-6-3-9-16-12/h2,4-5,10,12,16H,3,6-9H2,1H3,(H,17,18). The second-order valence-electron chi connectivity index (χ2n) is 4.95. The summed E-state index contributed by atoms with van der Waals surface area (Å²) in [5.41, 5.74) is 1.06. The van der Waals surface area contributed by atoms with E-state index in [2.05, 4.69) is 15.4 Å². The van der Waals surface area contributed by atoms with Crippen molar-refractivity contribution in [1.29, 1.82) is 0 Å². The molecule has 1 aliphatic rings. The molecule has 1 unspecified atom stereocenters. The van der Waals surface area contributed by atoms with Gasteiger partial charge in [0.15, 0.2) is 0 Å². The van der Waals surface area contributed by atoms with Gasteiger partial charge >= 0.3 is 5.97 Å². The Hall–Kier alpha value is -1.88. The molecule has 1 saturated heterocycles. The SMILES string of the molecule is COC(=O)c1cccc(NC(=O)CCC2CCCN2)c1. The van der Waals surface area contributed by atoms with E-state index in [9.17, 15) is 9.59 Å². The van der Waals surface area contributed by atoms with Crippen molar-refractivity contribution in [3.63, 3.8) is 0 Å². The average molecular weight is 276 g/mol. The molecule has 0 aliphatic carbocycles. The highest BCUT2D eigenvalue weighted by Gasteiger charge is 2.15. The largest absolute Gasteiger partial charge is 0.465 e. The Labute approximate surface area is 118 Å². The molecule has 1 aliphatic heterocycles. The van der Waals surface area contributed by atoms with Crippen molar-refractivity contribution >= 4 is 17.6 Å². The molecule has 2 N–H and O–H groups in total. The molecule has 108 valence electrons. The molecule has 5 heteroatoms. The molecule has 0 bridgehead atoms. The van der Waals surface area contributed by atoms with Gasteiger partial charge in [-0.2, -0.15) is 0 Å². The number of amides is 1. The second kappa shape index (κ2) is 7.05. The number of anilines is 1. The van der Waals surface area contributed by atoms with Gasteiger partial charge < -0.3 is 15.4 Å². The first kappa shape index (κ1) is 14.5. The third-order valence-corrected chi connectivity index (χ3v) is 3.45. The van der Waals surface area contributed by atoms with Crippen molar-refractivity contribution in [2.24, 2.45) is 0 Å². The van der Waals surface area contributed by atoms with E-state index >= 15 is 0 Å². The maximum absolute atomic E-state index is 11.9. The monoisotopic (exact) mass is 276 g/mol. The van der Waals surface area contributed by atoms with Crippen LogP contribution in [0.15, 0.2) is 24.3 Å². The Balaban J connectivity index is 1.85. The van der Waals surface area contributed by atoms with Crippen LogP contribution in [-0.2, 0) is 9.53 Å². The van der Waals surface area contributed by atoms with Crippen LogP contribution < -0.4 is 10.6 Å². The van der Waals surface area contributed by atoms with Gasteiger partial charge in [-0.05, 0) is 44.0 Å². The smallest absolute Gasteiger partial charge is 0.337 e. The predicted molar refractivity (Wildman–Crippen MR) is 76.7 cm³/mol. The number of esters is 1. The number of methoxy groups -OCH3 is 1. The van der Waals surface area contributed by atoms with E-state index in [4.69, 9.17) is 0 Å². The van der Waals surface area contributed by atoms with Gasteiger partial charge in [0.1, 0.15) is 0 Å². The third-order valence-electron chi connectivity index (χ3n) is 3.45. The number of nitrogens with one attached hydrogen (secondary N) is 2. The van der Waals surface area contributed by atoms with E-state index in [0.29, 0.717) is 23.7 Å². The highest BCUT2D eigenvalue weighted by Crippen LogP contribution is 2.14. The maximum Gasteiger partial charge on any atom is 0.337 e. The summed E-state index contributed by atoms with van der Waals surface area (Å²) < 4.78 is 4.65. The quantitative estimate of drug-likeness (QED) is 0.807. The number of ether oxygens (including phenoxy) is 1. The molecule has 1 atom stereocenters. The molecule has 0 spiro atoms. The van der Waals surface area contributed by atoms with Crippen LogP contribution in [0.4, 0.5) is 5.69 Å². The van der Waals surface area contributed by atoms with Crippen molar-refractivity contribution in [1.82, 2.24) is 5.32 Å². The Kier molecular flexibility index (Phi) is 5.12. The molecule has 1 amide bonds. The first-order chi connectivity index (χ1) is 9.69. The molecular formula is C15H20N2O3. The minimum atomic E-state index is -0.406. The number of carbonyl (C=O) groups is 2. The molecule has 0 radical (unpaired) electrons. The lowest BCUT2D eigenvalue weighted by molar-refractivity contribution is -0.116. The summed E-state index contributed by atoms with van der Waals surface area (Å²) in [5.74, 6) is -0.433. The second-order valence-corrected chi connectivity index (χ2v) is 4.95. The lowest BCUT2D eigenvalue weighted by Gasteiger charge is -2.10. The van der Waals surface area contributed by atoms with Crippen LogP contribution >= 0.6 is 0 Å². The summed E-state index contributed by atoms with van der Waals surface area (Å²) in [4.78, 5) is 23.3. The van der Waals surface area contributed by atoms with Crippen molar-refractivity contribution in [3.8, 4) is 0 Å². The van der Waals surface area contributed by atoms with Crippen molar-refractivity contribution in [2.45, 2.75) is 31.7 Å². The van der Waals surface area contributed by atoms with Crippen LogP contribution in [0.25, 0.3) is 0 Å². The normalized spacial score (nSPS) is 17.8. The Morgan fingerprint density at radius 3 is 3.00 bits per heavy atom. The first-order valence-electron chi connectivity index (χ1n) is 6.90. The van der Waals surface area contributed by atoms with Gasteiger partial charge in [-0.25, -0.2) is 4.79 Å². The number of carbonyl (C=O) groups excluding carboxylic acids is 2. The van der Waals surface area contributed by atoms with E-state index in [1.54, 1.807) is 24.3 Å². The molecule has 5 nitrogen and oxygen atoms in total. The Morgan fingerprint density at radius 2 is 2.30 bits per heavy atom. The molecule has 2 rings (SSSR count). The zero-order valence-electron chi connectivity index (χ0n) is 11.6. The number of benzene rings is 1. The van der Waals surface area contributed by atoms with E-state index in [0.717, 1.165) is 19.4 Å². The minimum absolute atomic E-state index is 0.0271. The summed E-state index contributed by atoms with van der Waals surface area (Å²) in [5, 5.41) is 6.18. The van der Waals surface area contributed by atoms with Crippen molar-refractivity contribution < 1.29 is 14.3 Å². The van der Waals surface area contributed by atoms with Crippen LogP contribution in [0, 0.1) is 0 Å². The lowest BCUT2D eigenvalue weighted by atomic mass is 10.1.